The van der Waals surface area contributed by atoms with E-state index in [0.29, 0.717) is 73.3 Å². The lowest BCUT2D eigenvalue weighted by Gasteiger charge is -2.45. The lowest BCUT2D eigenvalue weighted by atomic mass is 9.86. The highest BCUT2D eigenvalue weighted by Gasteiger charge is 2.45. The maximum absolute atomic E-state index is 15.8. The van der Waals surface area contributed by atoms with Gasteiger partial charge in [0.1, 0.15) is 23.2 Å². The molecular formula is C45H48F2N10O8S. The minimum absolute atomic E-state index is 0.0648. The van der Waals surface area contributed by atoms with Crippen molar-refractivity contribution in [3.8, 4) is 17.6 Å². The van der Waals surface area contributed by atoms with E-state index in [-0.39, 0.29) is 65.7 Å². The fourth-order valence-corrected chi connectivity index (χ4v) is 11.7. The van der Waals surface area contributed by atoms with Crippen molar-refractivity contribution in [1.29, 1.82) is 5.26 Å². The topological polar surface area (TPSA) is 206 Å². The summed E-state index contributed by atoms with van der Waals surface area (Å²) in [6.07, 6.45) is 6.12. The fourth-order valence-electron chi connectivity index (χ4n) is 10.2. The van der Waals surface area contributed by atoms with Gasteiger partial charge in [0.2, 0.25) is 15.9 Å². The largest absolute Gasteiger partial charge is 0.453 e. The van der Waals surface area contributed by atoms with Crippen LogP contribution in [0, 0.1) is 23.0 Å². The summed E-state index contributed by atoms with van der Waals surface area (Å²) in [7, 11) is -2.16. The molecular weight excluding hydrogens is 879 g/mol. The molecule has 5 aliphatic rings. The Balaban J connectivity index is 0.774. The van der Waals surface area contributed by atoms with E-state index >= 15 is 8.78 Å². The number of nitriles is 1. The Morgan fingerprint density at radius 2 is 1.71 bits per heavy atom. The lowest BCUT2D eigenvalue weighted by Crippen LogP contribution is -2.51. The number of halogens is 2. The summed E-state index contributed by atoms with van der Waals surface area (Å²) in [5.41, 5.74) is 0.378. The second kappa shape index (κ2) is 17.2. The zero-order valence-corrected chi connectivity index (χ0v) is 37.0. The molecule has 18 nitrogen and oxygen atoms in total. The van der Waals surface area contributed by atoms with Gasteiger partial charge in [-0.3, -0.25) is 33.8 Å². The number of fused-ring (bicyclic) bond motifs is 2. The van der Waals surface area contributed by atoms with Crippen LogP contribution in [-0.4, -0.2) is 114 Å². The number of hydrogen-bond donors (Lipinski definition) is 2. The van der Waals surface area contributed by atoms with E-state index in [1.165, 1.54) is 35.5 Å². The summed E-state index contributed by atoms with van der Waals surface area (Å²) < 4.78 is 80.6. The number of hydrogen-bond acceptors (Lipinski definition) is 13. The highest BCUT2D eigenvalue weighted by molar-refractivity contribution is 7.93. The monoisotopic (exact) mass is 926 g/mol. The zero-order valence-electron chi connectivity index (χ0n) is 36.2. The van der Waals surface area contributed by atoms with Crippen LogP contribution >= 0.6 is 0 Å². The van der Waals surface area contributed by atoms with E-state index in [0.717, 1.165) is 44.8 Å². The number of anilines is 3. The predicted molar refractivity (Wildman–Crippen MR) is 238 cm³/mol. The molecule has 0 radical (unpaired) electrons. The van der Waals surface area contributed by atoms with Gasteiger partial charge in [-0.05, 0) is 87.4 Å². The minimum Gasteiger partial charge on any atom is -0.453 e. The Labute approximate surface area is 378 Å². The molecule has 1 unspecified atom stereocenters. The smallest absolute Gasteiger partial charge is 0.329 e. The zero-order chi connectivity index (χ0) is 45.9. The molecule has 3 aromatic carbocycles. The average Bonchev–Trinajstić information content (AvgIpc) is 3.87. The molecule has 66 heavy (non-hydrogen) atoms. The molecule has 0 bridgehead atoms. The third kappa shape index (κ3) is 8.09. The van der Waals surface area contributed by atoms with Gasteiger partial charge < -0.3 is 24.0 Å². The highest BCUT2D eigenvalue weighted by atomic mass is 32.2. The summed E-state index contributed by atoms with van der Waals surface area (Å²) in [4.78, 5) is 48.8. The maximum atomic E-state index is 15.8. The molecule has 2 N–H and O–H groups in total. The van der Waals surface area contributed by atoms with Gasteiger partial charge in [-0.25, -0.2) is 27.0 Å². The van der Waals surface area contributed by atoms with Gasteiger partial charge in [-0.1, -0.05) is 0 Å². The van der Waals surface area contributed by atoms with Crippen LogP contribution in [0.4, 0.5) is 30.8 Å². The second-order valence-corrected chi connectivity index (χ2v) is 19.7. The van der Waals surface area contributed by atoms with Crippen molar-refractivity contribution in [3.05, 3.63) is 76.3 Å². The number of carbonyl (C=O) groups excluding carboxylic acids is 2. The number of imide groups is 1. The summed E-state index contributed by atoms with van der Waals surface area (Å²) in [5.74, 6) is -1.73. The molecule has 7 heterocycles. The van der Waals surface area contributed by atoms with Crippen molar-refractivity contribution in [3.63, 3.8) is 0 Å². The molecule has 5 aromatic rings. The van der Waals surface area contributed by atoms with Crippen LogP contribution < -0.4 is 30.1 Å². The number of amides is 3. The van der Waals surface area contributed by atoms with E-state index in [9.17, 15) is 28.1 Å². The molecule has 1 atom stereocenters. The van der Waals surface area contributed by atoms with Crippen LogP contribution in [0.15, 0.2) is 53.6 Å². The highest BCUT2D eigenvalue weighted by Crippen LogP contribution is 2.42. The Bertz CT molecular complexity index is 2970. The van der Waals surface area contributed by atoms with E-state index in [1.54, 1.807) is 28.4 Å². The Kier molecular flexibility index (Phi) is 11.4. The molecule has 21 heteroatoms. The van der Waals surface area contributed by atoms with Gasteiger partial charge in [0.15, 0.2) is 17.4 Å². The van der Waals surface area contributed by atoms with Gasteiger partial charge in [0.05, 0.1) is 57.6 Å². The quantitative estimate of drug-likeness (QED) is 0.199. The number of nitrogens with one attached hydrogen (secondary N) is 2. The van der Waals surface area contributed by atoms with Gasteiger partial charge in [-0.15, -0.1) is 0 Å². The minimum atomic E-state index is -3.91. The standard InChI is InChI=1S/C45H48F2N10O8S/c1-53-38-22-39(35(47)21-32(38)42(51-53)56-15-8-40(58)50-44(56)60)55-13-6-27(7-14-55)54-16-11-45(12-17-54)23-28(25-64-45)57-26-49-36-4-2-29(20-31(36)43(57)59)65-41-33(24-48)37(5-3-34(41)46)52-66(61,62)30-9-18-63-19-10-30/h2-5,20-22,26-28,30,52H,6-19,23,25H2,1H3,(H,50,58,60). The van der Waals surface area contributed by atoms with Crippen molar-refractivity contribution in [2.24, 2.45) is 7.05 Å². The SMILES string of the molecule is Cn1nc(N2CCC(=O)NC2=O)c2cc(F)c(N3CCC(N4CCC5(CC4)CC(n4cnc6ccc(Oc7c(F)ccc(NS(=O)(=O)C8CCOCC8)c7C#N)cc6c4=O)CO5)CC3)cc21. The van der Waals surface area contributed by atoms with E-state index in [1.807, 2.05) is 6.07 Å². The van der Waals surface area contributed by atoms with Crippen LogP contribution in [0.2, 0.25) is 0 Å². The van der Waals surface area contributed by atoms with Crippen molar-refractivity contribution in [2.75, 3.05) is 67.1 Å². The number of piperidine rings is 2. The summed E-state index contributed by atoms with van der Waals surface area (Å²) >= 11 is 0. The van der Waals surface area contributed by atoms with Crippen molar-refractivity contribution in [1.82, 2.24) is 29.5 Å². The van der Waals surface area contributed by atoms with Crippen molar-refractivity contribution >= 4 is 61.0 Å². The molecule has 346 valence electrons. The number of carbonyl (C=O) groups is 2. The first kappa shape index (κ1) is 43.7. The maximum Gasteiger partial charge on any atom is 0.329 e. The van der Waals surface area contributed by atoms with Crippen LogP contribution in [0.25, 0.3) is 21.8 Å². The number of aromatic nitrogens is 4. The number of ether oxygens (including phenoxy) is 3. The molecule has 5 aliphatic heterocycles. The van der Waals surface area contributed by atoms with Crippen LogP contribution in [0.3, 0.4) is 0 Å². The number of aryl methyl sites for hydroxylation is 1. The molecule has 1 spiro atoms. The number of benzene rings is 3. The van der Waals surface area contributed by atoms with Gasteiger partial charge >= 0.3 is 6.03 Å². The molecule has 2 aromatic heterocycles. The molecule has 0 saturated carbocycles. The van der Waals surface area contributed by atoms with Crippen LogP contribution in [0.1, 0.15) is 63.0 Å². The molecule has 3 amide bonds. The Morgan fingerprint density at radius 1 is 0.939 bits per heavy atom. The first-order valence-electron chi connectivity index (χ1n) is 22.2. The Hall–Kier alpha value is -6.21. The van der Waals surface area contributed by atoms with Crippen molar-refractivity contribution < 1.29 is 41.0 Å². The fraction of sp³-hybridized carbons (Fsp3) is 0.467. The Morgan fingerprint density at radius 3 is 2.45 bits per heavy atom. The molecule has 10 rings (SSSR count). The summed E-state index contributed by atoms with van der Waals surface area (Å²) in [6, 6.07) is 11.3. The third-order valence-electron chi connectivity index (χ3n) is 13.9. The predicted octanol–water partition coefficient (Wildman–Crippen LogP) is 5.06. The number of rotatable bonds is 9. The second-order valence-electron chi connectivity index (χ2n) is 17.7. The summed E-state index contributed by atoms with van der Waals surface area (Å²) in [6.45, 7) is 4.04. The molecule has 5 fully saturated rings. The average molecular weight is 927 g/mol. The molecule has 0 aliphatic carbocycles. The van der Waals surface area contributed by atoms with Gasteiger partial charge in [0.25, 0.3) is 5.56 Å². The van der Waals surface area contributed by atoms with E-state index < -0.39 is 44.3 Å². The molecule has 5 saturated heterocycles. The first-order chi connectivity index (χ1) is 31.8. The number of urea groups is 1. The first-order valence-corrected chi connectivity index (χ1v) is 23.8. The number of sulfonamides is 1. The normalized spacial score (nSPS) is 21.2. The van der Waals surface area contributed by atoms with E-state index in [2.05, 4.69) is 29.9 Å². The van der Waals surface area contributed by atoms with E-state index in [4.69, 9.17) is 14.2 Å². The number of likely N-dealkylation sites (tertiary alicyclic amines) is 1. The number of nitrogens with zero attached hydrogens (tertiary/aromatic N) is 8. The van der Waals surface area contributed by atoms with Crippen molar-refractivity contribution in [2.45, 2.75) is 74.3 Å². The summed E-state index contributed by atoms with van der Waals surface area (Å²) in [5, 5.41) is 16.8. The van der Waals surface area contributed by atoms with Crippen LogP contribution in [-0.2, 0) is 31.3 Å². The lowest BCUT2D eigenvalue weighted by molar-refractivity contribution is -0.120. The van der Waals surface area contributed by atoms with Gasteiger partial charge in [0, 0.05) is 70.8 Å². The van der Waals surface area contributed by atoms with Crippen LogP contribution in [0.5, 0.6) is 11.5 Å². The third-order valence-corrected chi connectivity index (χ3v) is 15.7. The van der Waals surface area contributed by atoms with Gasteiger partial charge in [-0.2, -0.15) is 10.4 Å².